The Kier molecular flexibility index (Phi) is 6.65. The summed E-state index contributed by atoms with van der Waals surface area (Å²) in [6, 6.07) is 13.8. The van der Waals surface area contributed by atoms with Crippen molar-refractivity contribution in [1.82, 2.24) is 10.2 Å². The number of nitrogens with one attached hydrogen (secondary N) is 1. The van der Waals surface area contributed by atoms with Crippen LogP contribution in [-0.4, -0.2) is 53.8 Å². The smallest absolute Gasteiger partial charge is 0.331 e. The van der Waals surface area contributed by atoms with E-state index < -0.39 is 23.2 Å². The minimum atomic E-state index is -1.79. The van der Waals surface area contributed by atoms with E-state index in [1.807, 2.05) is 42.5 Å². The van der Waals surface area contributed by atoms with Crippen LogP contribution in [0, 0.1) is 0 Å². The van der Waals surface area contributed by atoms with Gasteiger partial charge in [-0.3, -0.25) is 14.5 Å². The lowest BCUT2D eigenvalue weighted by Crippen LogP contribution is -2.59. The van der Waals surface area contributed by atoms with Crippen LogP contribution >= 0.6 is 0 Å². The Hall–Kier alpha value is -2.77. The highest BCUT2D eigenvalue weighted by atomic mass is 16.4. The molecule has 1 amide bonds. The van der Waals surface area contributed by atoms with E-state index in [2.05, 4.69) is 5.32 Å². The first-order valence-electron chi connectivity index (χ1n) is 8.69. The van der Waals surface area contributed by atoms with E-state index in [4.69, 9.17) is 5.73 Å². The molecule has 0 radical (unpaired) electrons. The maximum absolute atomic E-state index is 12.8. The van der Waals surface area contributed by atoms with Gasteiger partial charge in [-0.1, -0.05) is 42.5 Å². The predicted octanol–water partition coefficient (Wildman–Crippen LogP) is 1.15. The number of primary amides is 1. The zero-order chi connectivity index (χ0) is 20.0. The lowest BCUT2D eigenvalue weighted by Gasteiger charge is -2.34. The van der Waals surface area contributed by atoms with Crippen molar-refractivity contribution in [1.29, 1.82) is 0 Å². The molecular weight excluding hydrogens is 346 g/mol. The molecule has 1 atom stereocenters. The molecule has 144 valence electrons. The van der Waals surface area contributed by atoms with Gasteiger partial charge >= 0.3 is 5.97 Å². The fourth-order valence-electron chi connectivity index (χ4n) is 3.24. The summed E-state index contributed by atoms with van der Waals surface area (Å²) in [5.41, 5.74) is 4.38. The van der Waals surface area contributed by atoms with Gasteiger partial charge in [0.2, 0.25) is 5.91 Å². The van der Waals surface area contributed by atoms with E-state index in [-0.39, 0.29) is 19.4 Å². The normalized spacial score (nSPS) is 13.4. The summed E-state index contributed by atoms with van der Waals surface area (Å²) in [5, 5.41) is 14.9. The molecule has 0 saturated heterocycles. The highest BCUT2D eigenvalue weighted by Crippen LogP contribution is 2.22. The zero-order valence-corrected chi connectivity index (χ0v) is 15.6. The molecule has 7 heteroatoms. The van der Waals surface area contributed by atoms with Crippen LogP contribution in [0.25, 0.3) is 10.8 Å². The number of likely N-dealkylation sites (N-methyl/N-ethyl adjacent to an activating group) is 1. The Bertz CT molecular complexity index is 845. The number of fused-ring (bicyclic) bond motifs is 1. The molecule has 2 rings (SSSR count). The monoisotopic (exact) mass is 371 g/mol. The molecule has 7 nitrogen and oxygen atoms in total. The van der Waals surface area contributed by atoms with Crippen molar-refractivity contribution in [3.05, 3.63) is 48.0 Å². The molecule has 0 saturated carbocycles. The van der Waals surface area contributed by atoms with Gasteiger partial charge in [0.15, 0.2) is 11.3 Å². The quantitative estimate of drug-likeness (QED) is 0.540. The number of ketones is 1. The van der Waals surface area contributed by atoms with Gasteiger partial charge < -0.3 is 16.2 Å². The van der Waals surface area contributed by atoms with Crippen LogP contribution in [0.3, 0.4) is 0 Å². The molecule has 0 aliphatic heterocycles. The van der Waals surface area contributed by atoms with Crippen molar-refractivity contribution >= 4 is 28.4 Å². The van der Waals surface area contributed by atoms with E-state index in [0.29, 0.717) is 6.54 Å². The summed E-state index contributed by atoms with van der Waals surface area (Å²) in [5.74, 6) is -2.44. The largest absolute Gasteiger partial charge is 0.480 e. The second kappa shape index (κ2) is 8.75. The number of Topliss-reactive ketones (excluding diaryl/α,β-unsaturated/α-hetero) is 1. The van der Waals surface area contributed by atoms with Gasteiger partial charge in [-0.25, -0.2) is 4.79 Å². The maximum atomic E-state index is 12.8. The minimum absolute atomic E-state index is 0.132. The minimum Gasteiger partial charge on any atom is -0.480 e. The topological polar surface area (TPSA) is 113 Å². The Balaban J connectivity index is 2.13. The fraction of sp³-hybridized carbons (Fsp3) is 0.350. The molecule has 2 aromatic rings. The number of rotatable bonds is 10. The highest BCUT2D eigenvalue weighted by Gasteiger charge is 2.47. The average molecular weight is 371 g/mol. The fourth-order valence-corrected chi connectivity index (χ4v) is 3.24. The van der Waals surface area contributed by atoms with Crippen LogP contribution in [-0.2, 0) is 20.9 Å². The summed E-state index contributed by atoms with van der Waals surface area (Å²) in [6.07, 6.45) is -0.348. The van der Waals surface area contributed by atoms with Crippen LogP contribution in [0.2, 0.25) is 0 Å². The van der Waals surface area contributed by atoms with Crippen molar-refractivity contribution in [3.63, 3.8) is 0 Å². The van der Waals surface area contributed by atoms with Crippen LogP contribution in [0.15, 0.2) is 42.5 Å². The first kappa shape index (κ1) is 20.5. The summed E-state index contributed by atoms with van der Waals surface area (Å²) in [4.78, 5) is 37.1. The van der Waals surface area contributed by atoms with E-state index >= 15 is 0 Å². The maximum Gasteiger partial charge on any atom is 0.331 e. The lowest BCUT2D eigenvalue weighted by atomic mass is 9.86. The van der Waals surface area contributed by atoms with Crippen molar-refractivity contribution in [2.45, 2.75) is 24.9 Å². The highest BCUT2D eigenvalue weighted by molar-refractivity contribution is 6.09. The molecule has 2 aromatic carbocycles. The molecule has 0 spiro atoms. The summed E-state index contributed by atoms with van der Waals surface area (Å²) < 4.78 is 0. The lowest BCUT2D eigenvalue weighted by molar-refractivity contribution is -0.156. The molecule has 4 N–H and O–H groups in total. The van der Waals surface area contributed by atoms with Gasteiger partial charge in [-0.2, -0.15) is 0 Å². The molecule has 0 heterocycles. The molecule has 0 bridgehead atoms. The number of hydrogen-bond donors (Lipinski definition) is 3. The molecule has 1 unspecified atom stereocenters. The van der Waals surface area contributed by atoms with Gasteiger partial charge in [-0.15, -0.1) is 0 Å². The van der Waals surface area contributed by atoms with Gasteiger partial charge in [0, 0.05) is 13.0 Å². The van der Waals surface area contributed by atoms with Crippen molar-refractivity contribution < 1.29 is 19.5 Å². The van der Waals surface area contributed by atoms with Crippen molar-refractivity contribution in [2.75, 3.05) is 20.6 Å². The molecule has 0 fully saturated rings. The SMILES string of the molecule is CN(C)C(CCC(N)=O)(C(=O)O)C(=O)CNCc1cccc2ccccc12. The van der Waals surface area contributed by atoms with E-state index in [9.17, 15) is 19.5 Å². The molecule has 0 aliphatic carbocycles. The van der Waals surface area contributed by atoms with Crippen LogP contribution < -0.4 is 11.1 Å². The van der Waals surface area contributed by atoms with Gasteiger partial charge in [0.05, 0.1) is 6.54 Å². The Morgan fingerprint density at radius 1 is 1.11 bits per heavy atom. The standard InChI is InChI=1S/C20H25N3O4/c1-23(2)20(19(26)27,11-10-18(21)25)17(24)13-22-12-15-8-5-7-14-6-3-4-9-16(14)15/h3-9,22H,10-13H2,1-2H3,(H2,21,25)(H,26,27). The van der Waals surface area contributed by atoms with Gasteiger partial charge in [0.1, 0.15) is 0 Å². The molecule has 27 heavy (non-hydrogen) atoms. The Labute approximate surface area is 158 Å². The van der Waals surface area contributed by atoms with Crippen molar-refractivity contribution in [2.24, 2.45) is 5.73 Å². The van der Waals surface area contributed by atoms with Crippen molar-refractivity contribution in [3.8, 4) is 0 Å². The number of carbonyl (C=O) groups excluding carboxylic acids is 2. The third-order valence-electron chi connectivity index (χ3n) is 4.79. The number of hydrogen-bond acceptors (Lipinski definition) is 5. The molecule has 0 aromatic heterocycles. The number of amides is 1. The second-order valence-electron chi connectivity index (χ2n) is 6.69. The predicted molar refractivity (Wildman–Crippen MR) is 103 cm³/mol. The summed E-state index contributed by atoms with van der Waals surface area (Å²) in [7, 11) is 3.02. The van der Waals surface area contributed by atoms with Crippen LogP contribution in [0.5, 0.6) is 0 Å². The number of nitrogens with two attached hydrogens (primary N) is 1. The van der Waals surface area contributed by atoms with Gasteiger partial charge in [-0.05, 0) is 36.9 Å². The number of carboxylic acid groups (broad SMARTS) is 1. The Morgan fingerprint density at radius 3 is 2.41 bits per heavy atom. The summed E-state index contributed by atoms with van der Waals surface area (Å²) >= 11 is 0. The Morgan fingerprint density at radius 2 is 1.78 bits per heavy atom. The van der Waals surface area contributed by atoms with E-state index in [1.54, 1.807) is 0 Å². The zero-order valence-electron chi connectivity index (χ0n) is 15.6. The summed E-state index contributed by atoms with van der Waals surface area (Å²) in [6.45, 7) is 0.290. The number of aliphatic carboxylic acids is 1. The number of carboxylic acids is 1. The van der Waals surface area contributed by atoms with E-state index in [0.717, 1.165) is 16.3 Å². The third kappa shape index (κ3) is 4.50. The second-order valence-corrected chi connectivity index (χ2v) is 6.69. The molecular formula is C20H25N3O4. The molecule has 0 aliphatic rings. The van der Waals surface area contributed by atoms with E-state index in [1.165, 1.54) is 19.0 Å². The first-order valence-corrected chi connectivity index (χ1v) is 8.69. The number of nitrogens with zero attached hydrogens (tertiary/aromatic N) is 1. The average Bonchev–Trinajstić information content (AvgIpc) is 2.61. The van der Waals surface area contributed by atoms with Crippen LogP contribution in [0.1, 0.15) is 18.4 Å². The van der Waals surface area contributed by atoms with Crippen LogP contribution in [0.4, 0.5) is 0 Å². The number of carbonyl (C=O) groups is 3. The number of benzene rings is 2. The van der Waals surface area contributed by atoms with Gasteiger partial charge in [0.25, 0.3) is 0 Å². The first-order chi connectivity index (χ1) is 12.8. The third-order valence-corrected chi connectivity index (χ3v) is 4.79.